The Morgan fingerprint density at radius 1 is 1.07 bits per heavy atom. The van der Waals surface area contributed by atoms with Gasteiger partial charge in [-0.2, -0.15) is 8.42 Å². The van der Waals surface area contributed by atoms with Crippen LogP contribution in [-0.2, 0) is 28.6 Å². The number of benzene rings is 1. The van der Waals surface area contributed by atoms with Crippen molar-refractivity contribution in [2.75, 3.05) is 19.8 Å². The van der Waals surface area contributed by atoms with E-state index in [4.69, 9.17) is 13.7 Å². The normalized spacial score (nSPS) is 20.1. The Hall–Kier alpha value is -1.44. The maximum Gasteiger partial charge on any atom is 0.308 e. The zero-order valence-electron chi connectivity index (χ0n) is 16.6. The van der Waals surface area contributed by atoms with Crippen LogP contribution in [-0.4, -0.2) is 39.8 Å². The minimum Gasteiger partial charge on any atom is -0.460 e. The van der Waals surface area contributed by atoms with Gasteiger partial charge in [0.2, 0.25) is 0 Å². The van der Waals surface area contributed by atoms with Gasteiger partial charge in [0.05, 0.1) is 24.5 Å². The van der Waals surface area contributed by atoms with Gasteiger partial charge in [0.15, 0.2) is 0 Å². The van der Waals surface area contributed by atoms with E-state index in [0.29, 0.717) is 13.2 Å². The minimum absolute atomic E-state index is 0.159. The summed E-state index contributed by atoms with van der Waals surface area (Å²) in [6, 6.07) is 6.62. The predicted molar refractivity (Wildman–Crippen MR) is 102 cm³/mol. The van der Waals surface area contributed by atoms with Gasteiger partial charge in [-0.1, -0.05) is 17.7 Å². The first-order valence-electron chi connectivity index (χ1n) is 9.32. The molecule has 1 fully saturated rings. The van der Waals surface area contributed by atoms with Gasteiger partial charge in [-0.25, -0.2) is 0 Å². The summed E-state index contributed by atoms with van der Waals surface area (Å²) in [5.74, 6) is 0.142. The van der Waals surface area contributed by atoms with Crippen LogP contribution < -0.4 is 0 Å². The first-order valence-corrected chi connectivity index (χ1v) is 10.7. The average molecular weight is 399 g/mol. The zero-order valence-corrected chi connectivity index (χ0v) is 17.4. The molecule has 0 heterocycles. The third-order valence-electron chi connectivity index (χ3n) is 4.52. The van der Waals surface area contributed by atoms with Crippen LogP contribution in [0.4, 0.5) is 0 Å². The van der Waals surface area contributed by atoms with E-state index in [1.54, 1.807) is 24.3 Å². The monoisotopic (exact) mass is 398 g/mol. The molecule has 0 aromatic heterocycles. The molecule has 1 aliphatic rings. The Bertz CT molecular complexity index is 718. The lowest BCUT2D eigenvalue weighted by Crippen LogP contribution is -2.34. The van der Waals surface area contributed by atoms with Gasteiger partial charge in [0.25, 0.3) is 10.1 Å². The van der Waals surface area contributed by atoms with Crippen molar-refractivity contribution in [3.63, 3.8) is 0 Å². The molecule has 2 atom stereocenters. The molecule has 2 rings (SSSR count). The largest absolute Gasteiger partial charge is 0.460 e. The molecule has 0 bridgehead atoms. The van der Waals surface area contributed by atoms with Crippen LogP contribution in [0.2, 0.25) is 0 Å². The van der Waals surface area contributed by atoms with Crippen LogP contribution in [0.5, 0.6) is 0 Å². The number of aryl methyl sites for hydroxylation is 1. The molecule has 0 N–H and O–H groups in total. The minimum atomic E-state index is -3.73. The van der Waals surface area contributed by atoms with Crippen LogP contribution in [0, 0.1) is 18.8 Å². The van der Waals surface area contributed by atoms with Crippen LogP contribution in [0.3, 0.4) is 0 Å². The smallest absolute Gasteiger partial charge is 0.308 e. The second-order valence-corrected chi connectivity index (χ2v) is 9.68. The summed E-state index contributed by atoms with van der Waals surface area (Å²) in [7, 11) is -3.73. The number of ether oxygens (including phenoxy) is 2. The average Bonchev–Trinajstić information content (AvgIpc) is 2.52. The number of carbonyl (C=O) groups excluding carboxylic acids is 1. The summed E-state index contributed by atoms with van der Waals surface area (Å²) in [6.45, 7) is 8.36. The number of carbonyl (C=O) groups is 1. The number of esters is 1. The third kappa shape index (κ3) is 7.24. The van der Waals surface area contributed by atoms with E-state index >= 15 is 0 Å². The fourth-order valence-corrected chi connectivity index (χ4v) is 3.77. The van der Waals surface area contributed by atoms with Crippen molar-refractivity contribution in [3.05, 3.63) is 29.8 Å². The van der Waals surface area contributed by atoms with E-state index in [1.165, 1.54) is 0 Å². The van der Waals surface area contributed by atoms with Crippen molar-refractivity contribution in [2.45, 2.75) is 57.5 Å². The molecule has 1 aliphatic carbocycles. The van der Waals surface area contributed by atoms with Crippen molar-refractivity contribution in [1.29, 1.82) is 0 Å². The maximum atomic E-state index is 12.2. The molecule has 0 saturated heterocycles. The van der Waals surface area contributed by atoms with E-state index in [9.17, 15) is 13.2 Å². The zero-order chi connectivity index (χ0) is 20.1. The molecule has 0 radical (unpaired) electrons. The second kappa shape index (κ2) is 9.17. The van der Waals surface area contributed by atoms with Crippen LogP contribution in [0.15, 0.2) is 29.2 Å². The first kappa shape index (κ1) is 21.9. The van der Waals surface area contributed by atoms with Crippen LogP contribution >= 0.6 is 0 Å². The van der Waals surface area contributed by atoms with Crippen LogP contribution in [0.1, 0.15) is 45.6 Å². The molecule has 0 aliphatic heterocycles. The Kier molecular flexibility index (Phi) is 7.42. The van der Waals surface area contributed by atoms with Crippen molar-refractivity contribution in [1.82, 2.24) is 0 Å². The molecular formula is C20H30O6S. The highest BCUT2D eigenvalue weighted by molar-refractivity contribution is 7.86. The van der Waals surface area contributed by atoms with E-state index in [-0.39, 0.29) is 35.7 Å². The Balaban J connectivity index is 1.69. The SMILES string of the molecule is Cc1ccc(S(=O)(=O)OC[C@H]2CC[C@H]2COCCC(=O)OC(C)(C)C)cc1. The third-order valence-corrected chi connectivity index (χ3v) is 5.82. The summed E-state index contributed by atoms with van der Waals surface area (Å²) in [5.41, 5.74) is 0.507. The lowest BCUT2D eigenvalue weighted by molar-refractivity contribution is -0.156. The van der Waals surface area contributed by atoms with E-state index in [2.05, 4.69) is 0 Å². The summed E-state index contributed by atoms with van der Waals surface area (Å²) in [5, 5.41) is 0. The standard InChI is InChI=1S/C20H30O6S/c1-15-5-9-18(10-6-15)27(22,23)25-14-17-8-7-16(17)13-24-12-11-19(21)26-20(2,3)4/h5-6,9-10,16-17H,7-8,11-14H2,1-4H3/t16-,17+/m0/s1. The summed E-state index contributed by atoms with van der Waals surface area (Å²) < 4.78 is 40.5. The van der Waals surface area contributed by atoms with Gasteiger partial charge in [0, 0.05) is 6.61 Å². The lowest BCUT2D eigenvalue weighted by atomic mass is 9.75. The molecule has 152 valence electrons. The molecule has 1 saturated carbocycles. The van der Waals surface area contributed by atoms with Crippen molar-refractivity contribution >= 4 is 16.1 Å². The van der Waals surface area contributed by atoms with Gasteiger partial charge in [-0.15, -0.1) is 0 Å². The van der Waals surface area contributed by atoms with E-state index in [1.807, 2.05) is 27.7 Å². The highest BCUT2D eigenvalue weighted by Gasteiger charge is 2.32. The quantitative estimate of drug-likeness (QED) is 0.360. The Labute approximate surface area is 162 Å². The number of hydrogen-bond acceptors (Lipinski definition) is 6. The number of hydrogen-bond donors (Lipinski definition) is 0. The lowest BCUT2D eigenvalue weighted by Gasteiger charge is -2.35. The second-order valence-electron chi connectivity index (χ2n) is 8.06. The molecule has 0 unspecified atom stereocenters. The molecule has 7 heteroatoms. The van der Waals surface area contributed by atoms with Crippen molar-refractivity contribution in [2.24, 2.45) is 11.8 Å². The Morgan fingerprint density at radius 3 is 2.22 bits per heavy atom. The fourth-order valence-electron chi connectivity index (χ4n) is 2.81. The maximum absolute atomic E-state index is 12.2. The first-order chi connectivity index (χ1) is 12.6. The Morgan fingerprint density at radius 2 is 1.67 bits per heavy atom. The number of rotatable bonds is 9. The van der Waals surface area contributed by atoms with E-state index in [0.717, 1.165) is 18.4 Å². The molecule has 1 aromatic carbocycles. The molecule has 6 nitrogen and oxygen atoms in total. The van der Waals surface area contributed by atoms with Gasteiger partial charge < -0.3 is 9.47 Å². The van der Waals surface area contributed by atoms with Gasteiger partial charge >= 0.3 is 5.97 Å². The highest BCUT2D eigenvalue weighted by atomic mass is 32.2. The van der Waals surface area contributed by atoms with Gasteiger partial charge in [0.1, 0.15) is 5.60 Å². The van der Waals surface area contributed by atoms with Crippen molar-refractivity contribution in [3.8, 4) is 0 Å². The molecule has 0 spiro atoms. The predicted octanol–water partition coefficient (Wildman–Crippen LogP) is 3.47. The summed E-state index contributed by atoms with van der Waals surface area (Å²) in [4.78, 5) is 11.8. The molecule has 0 amide bonds. The van der Waals surface area contributed by atoms with Crippen LogP contribution in [0.25, 0.3) is 0 Å². The van der Waals surface area contributed by atoms with Gasteiger partial charge in [-0.3, -0.25) is 8.98 Å². The van der Waals surface area contributed by atoms with Gasteiger partial charge in [-0.05, 0) is 64.5 Å². The highest BCUT2D eigenvalue weighted by Crippen LogP contribution is 2.35. The summed E-state index contributed by atoms with van der Waals surface area (Å²) >= 11 is 0. The molecule has 1 aromatic rings. The molecule has 27 heavy (non-hydrogen) atoms. The molecular weight excluding hydrogens is 368 g/mol. The fraction of sp³-hybridized carbons (Fsp3) is 0.650. The summed E-state index contributed by atoms with van der Waals surface area (Å²) in [6.07, 6.45) is 2.11. The topological polar surface area (TPSA) is 78.9 Å². The van der Waals surface area contributed by atoms with Crippen molar-refractivity contribution < 1.29 is 26.9 Å². The van der Waals surface area contributed by atoms with E-state index < -0.39 is 15.7 Å².